The number of hydroxylamine groups is 2. The highest BCUT2D eigenvalue weighted by Crippen LogP contribution is 2.36. The molecule has 0 saturated carbocycles. The maximum atomic E-state index is 12.7. The topological polar surface area (TPSA) is 154 Å². The third-order valence-electron chi connectivity index (χ3n) is 6.11. The summed E-state index contributed by atoms with van der Waals surface area (Å²) < 4.78 is 50.5. The number of primary sulfonamides is 1. The monoisotopic (exact) mass is 555 g/mol. The number of piperidine rings is 1. The van der Waals surface area contributed by atoms with E-state index in [0.717, 1.165) is 0 Å². The molecule has 10 nitrogen and oxygen atoms in total. The van der Waals surface area contributed by atoms with Gasteiger partial charge < -0.3 is 15.8 Å². The molecule has 2 aromatic rings. The van der Waals surface area contributed by atoms with Gasteiger partial charge in [0.25, 0.3) is 0 Å². The van der Waals surface area contributed by atoms with Crippen molar-refractivity contribution in [2.45, 2.75) is 74.0 Å². The van der Waals surface area contributed by atoms with Gasteiger partial charge in [0.05, 0.1) is 9.79 Å². The van der Waals surface area contributed by atoms with Gasteiger partial charge in [-0.15, -0.1) is 0 Å². The molecule has 13 heteroatoms. The van der Waals surface area contributed by atoms with Crippen LogP contribution in [0.3, 0.4) is 0 Å². The van der Waals surface area contributed by atoms with Crippen molar-refractivity contribution in [3.05, 3.63) is 54.1 Å². The van der Waals surface area contributed by atoms with Crippen LogP contribution in [-0.2, 0) is 26.6 Å². The van der Waals surface area contributed by atoms with Crippen molar-refractivity contribution >= 4 is 43.1 Å². The Bertz CT molecular complexity index is 1290. The highest BCUT2D eigenvalue weighted by molar-refractivity contribution is 7.89. The zero-order valence-corrected chi connectivity index (χ0v) is 23.1. The Morgan fingerprint density at radius 1 is 0.972 bits per heavy atom. The summed E-state index contributed by atoms with van der Waals surface area (Å²) in [4.78, 5) is 0.0304. The van der Waals surface area contributed by atoms with Gasteiger partial charge >= 0.3 is 0 Å². The second-order valence-corrected chi connectivity index (χ2v) is 13.9. The highest BCUT2D eigenvalue weighted by Gasteiger charge is 2.45. The Morgan fingerprint density at radius 3 is 1.97 bits per heavy atom. The highest BCUT2D eigenvalue weighted by atomic mass is 32.2. The molecule has 198 valence electrons. The molecule has 1 heterocycles. The molecule has 1 fully saturated rings. The SMILES string of the molecule is CC1(C)CC(NC(=S)Nc2ccc(S(=O)(=O)NCc3ccc(S(N)(=O)=O)cc3)cc2)CC(C)(C)N1O. The summed E-state index contributed by atoms with van der Waals surface area (Å²) >= 11 is 5.46. The fourth-order valence-corrected chi connectivity index (χ4v) is 6.32. The van der Waals surface area contributed by atoms with Gasteiger partial charge in [-0.2, -0.15) is 5.06 Å². The van der Waals surface area contributed by atoms with Crippen LogP contribution in [0, 0.1) is 0 Å². The lowest BCUT2D eigenvalue weighted by atomic mass is 9.79. The predicted molar refractivity (Wildman–Crippen MR) is 142 cm³/mol. The third kappa shape index (κ3) is 7.00. The average Bonchev–Trinajstić information content (AvgIpc) is 2.75. The van der Waals surface area contributed by atoms with Gasteiger partial charge in [-0.1, -0.05) is 12.1 Å². The van der Waals surface area contributed by atoms with Crippen molar-refractivity contribution in [3.63, 3.8) is 0 Å². The van der Waals surface area contributed by atoms with Crippen molar-refractivity contribution in [1.29, 1.82) is 0 Å². The molecule has 0 bridgehead atoms. The van der Waals surface area contributed by atoms with Crippen molar-refractivity contribution in [2.24, 2.45) is 5.14 Å². The first-order valence-electron chi connectivity index (χ1n) is 11.3. The Morgan fingerprint density at radius 2 is 1.47 bits per heavy atom. The second kappa shape index (κ2) is 10.3. The first-order chi connectivity index (χ1) is 16.5. The van der Waals surface area contributed by atoms with E-state index in [0.29, 0.717) is 29.2 Å². The quantitative estimate of drug-likeness (QED) is 0.324. The number of benzene rings is 2. The van der Waals surface area contributed by atoms with Crippen LogP contribution >= 0.6 is 12.2 Å². The van der Waals surface area contributed by atoms with Crippen LogP contribution in [-0.4, -0.2) is 49.3 Å². The molecule has 0 unspecified atom stereocenters. The molecule has 1 aliphatic heterocycles. The number of hydrogen-bond acceptors (Lipinski definition) is 7. The Labute approximate surface area is 218 Å². The van der Waals surface area contributed by atoms with E-state index in [1.165, 1.54) is 41.5 Å². The van der Waals surface area contributed by atoms with E-state index in [-0.39, 0.29) is 22.4 Å². The van der Waals surface area contributed by atoms with Gasteiger partial charge in [-0.05, 0) is 94.7 Å². The summed E-state index contributed by atoms with van der Waals surface area (Å²) in [5, 5.41) is 23.7. The molecule has 1 saturated heterocycles. The average molecular weight is 556 g/mol. The summed E-state index contributed by atoms with van der Waals surface area (Å²) in [7, 11) is -7.60. The number of nitrogens with one attached hydrogen (secondary N) is 3. The number of thiocarbonyl (C=S) groups is 1. The summed E-state index contributed by atoms with van der Waals surface area (Å²) in [6.07, 6.45) is 1.39. The van der Waals surface area contributed by atoms with Gasteiger partial charge in [0, 0.05) is 29.4 Å². The van der Waals surface area contributed by atoms with E-state index in [1.807, 2.05) is 27.7 Å². The fourth-order valence-electron chi connectivity index (χ4n) is 4.50. The van der Waals surface area contributed by atoms with E-state index in [2.05, 4.69) is 15.4 Å². The lowest BCUT2D eigenvalue weighted by molar-refractivity contribution is -0.245. The molecule has 3 rings (SSSR count). The molecule has 0 atom stereocenters. The maximum Gasteiger partial charge on any atom is 0.240 e. The minimum absolute atomic E-state index is 0.0133. The number of rotatable bonds is 7. The van der Waals surface area contributed by atoms with Gasteiger partial charge in [0.1, 0.15) is 0 Å². The number of anilines is 1. The molecule has 1 aliphatic rings. The van der Waals surface area contributed by atoms with Gasteiger partial charge in [0.15, 0.2) is 5.11 Å². The van der Waals surface area contributed by atoms with Crippen LogP contribution in [0.25, 0.3) is 0 Å². The zero-order chi connectivity index (χ0) is 26.9. The normalized spacial score (nSPS) is 18.5. The third-order valence-corrected chi connectivity index (χ3v) is 8.68. The molecule has 0 amide bonds. The summed E-state index contributed by atoms with van der Waals surface area (Å²) in [6, 6.07) is 11.9. The van der Waals surface area contributed by atoms with Crippen molar-refractivity contribution < 1.29 is 22.0 Å². The van der Waals surface area contributed by atoms with Crippen LogP contribution in [0.15, 0.2) is 58.3 Å². The molecule has 0 aliphatic carbocycles. The van der Waals surface area contributed by atoms with Crippen LogP contribution in [0.1, 0.15) is 46.1 Å². The van der Waals surface area contributed by atoms with E-state index < -0.39 is 31.1 Å². The zero-order valence-electron chi connectivity index (χ0n) is 20.6. The summed E-state index contributed by atoms with van der Waals surface area (Å²) in [5.41, 5.74) is 0.381. The molecule has 0 aromatic heterocycles. The van der Waals surface area contributed by atoms with Crippen molar-refractivity contribution in [3.8, 4) is 0 Å². The Kier molecular flexibility index (Phi) is 8.16. The number of nitrogens with zero attached hydrogens (tertiary/aromatic N) is 1. The van der Waals surface area contributed by atoms with Crippen molar-refractivity contribution in [1.82, 2.24) is 15.1 Å². The summed E-state index contributed by atoms with van der Waals surface area (Å²) in [6.45, 7) is 7.90. The van der Waals surface area contributed by atoms with Crippen LogP contribution in [0.2, 0.25) is 0 Å². The van der Waals surface area contributed by atoms with Gasteiger partial charge in [-0.25, -0.2) is 26.7 Å². The fraction of sp³-hybridized carbons (Fsp3) is 0.435. The lowest BCUT2D eigenvalue weighted by Crippen LogP contribution is -2.63. The van der Waals surface area contributed by atoms with Crippen LogP contribution < -0.4 is 20.5 Å². The number of nitrogens with two attached hydrogens (primary N) is 1. The summed E-state index contributed by atoms with van der Waals surface area (Å²) in [5.74, 6) is 0. The van der Waals surface area contributed by atoms with Crippen molar-refractivity contribution in [2.75, 3.05) is 5.32 Å². The molecule has 0 spiro atoms. The van der Waals surface area contributed by atoms with E-state index in [9.17, 15) is 22.0 Å². The number of sulfonamides is 2. The van der Waals surface area contributed by atoms with E-state index >= 15 is 0 Å². The molecule has 2 aromatic carbocycles. The molecule has 36 heavy (non-hydrogen) atoms. The largest absolute Gasteiger partial charge is 0.360 e. The molecule has 6 N–H and O–H groups in total. The first-order valence-corrected chi connectivity index (χ1v) is 14.7. The first kappa shape index (κ1) is 28.4. The predicted octanol–water partition coefficient (Wildman–Crippen LogP) is 2.51. The van der Waals surface area contributed by atoms with Gasteiger partial charge in [0.2, 0.25) is 20.0 Å². The van der Waals surface area contributed by atoms with Gasteiger partial charge in [-0.3, -0.25) is 0 Å². The molecular formula is C23H33N5O5S3. The van der Waals surface area contributed by atoms with E-state index in [4.69, 9.17) is 17.4 Å². The maximum absolute atomic E-state index is 12.7. The smallest absolute Gasteiger partial charge is 0.240 e. The second-order valence-electron chi connectivity index (χ2n) is 10.2. The van der Waals surface area contributed by atoms with E-state index in [1.54, 1.807) is 12.1 Å². The van der Waals surface area contributed by atoms with Crippen LogP contribution in [0.5, 0.6) is 0 Å². The van der Waals surface area contributed by atoms with Crippen LogP contribution in [0.4, 0.5) is 5.69 Å². The lowest BCUT2D eigenvalue weighted by Gasteiger charge is -2.51. The molecule has 0 radical (unpaired) electrons. The minimum atomic E-state index is -3.81. The number of hydrogen-bond donors (Lipinski definition) is 5. The Hall–Kier alpha value is -2.13. The standard InChI is InChI=1S/C23H33N5O5S3/c1-22(2)13-18(14-23(3,4)28(22)29)27-21(34)26-17-7-11-20(12-8-17)36(32,33)25-15-16-5-9-19(10-6-16)35(24,30)31/h5-12,18,25,29H,13-15H2,1-4H3,(H2,24,30,31)(H2,26,27,34). The molecular weight excluding hydrogens is 522 g/mol. The minimum Gasteiger partial charge on any atom is -0.360 e. The Balaban J connectivity index is 1.57.